The van der Waals surface area contributed by atoms with Gasteiger partial charge in [-0.25, -0.2) is 0 Å². The van der Waals surface area contributed by atoms with Gasteiger partial charge in [-0.3, -0.25) is 0 Å². The van der Waals surface area contributed by atoms with E-state index in [1.54, 1.807) is 0 Å². The molecule has 0 bridgehead atoms. The SMILES string of the molecule is C1CC[O][Ge]2([O]CC1)[O]CCCCC[O]2. The van der Waals surface area contributed by atoms with E-state index in [2.05, 4.69) is 0 Å². The van der Waals surface area contributed by atoms with Crippen LogP contribution in [-0.4, -0.2) is 41.0 Å². The van der Waals surface area contributed by atoms with E-state index in [9.17, 15) is 0 Å². The van der Waals surface area contributed by atoms with Crippen molar-refractivity contribution in [2.24, 2.45) is 0 Å². The van der Waals surface area contributed by atoms with Crippen LogP contribution in [0.15, 0.2) is 0 Å². The maximum atomic E-state index is 5.77. The standard InChI is InChI=1S/C10H20GeO4/c1-3-7-12-11(13-8-4-1)14-9-5-2-6-10-15-11/h1-10H2. The van der Waals surface area contributed by atoms with E-state index in [0.717, 1.165) is 52.1 Å². The van der Waals surface area contributed by atoms with E-state index in [4.69, 9.17) is 15.1 Å². The van der Waals surface area contributed by atoms with Crippen LogP contribution in [0.5, 0.6) is 0 Å². The summed E-state index contributed by atoms with van der Waals surface area (Å²) in [6, 6.07) is 0. The van der Waals surface area contributed by atoms with Gasteiger partial charge in [0.25, 0.3) is 0 Å². The molecule has 0 aromatic rings. The van der Waals surface area contributed by atoms with Crippen molar-refractivity contribution in [3.8, 4) is 0 Å². The van der Waals surface area contributed by atoms with Crippen LogP contribution in [0.25, 0.3) is 0 Å². The molecule has 0 amide bonds. The van der Waals surface area contributed by atoms with Gasteiger partial charge >= 0.3 is 94.6 Å². The van der Waals surface area contributed by atoms with E-state index in [-0.39, 0.29) is 0 Å². The Morgan fingerprint density at radius 1 is 0.467 bits per heavy atom. The molecule has 1 spiro atoms. The number of hydrogen-bond donors (Lipinski definition) is 0. The zero-order chi connectivity index (χ0) is 10.4. The van der Waals surface area contributed by atoms with Crippen LogP contribution in [0.1, 0.15) is 38.5 Å². The van der Waals surface area contributed by atoms with Crippen molar-refractivity contribution in [3.05, 3.63) is 0 Å². The molecule has 88 valence electrons. The van der Waals surface area contributed by atoms with Gasteiger partial charge in [-0.05, 0) is 0 Å². The van der Waals surface area contributed by atoms with Crippen LogP contribution in [0.4, 0.5) is 0 Å². The first-order valence-corrected chi connectivity index (χ1v) is 9.40. The minimum absolute atomic E-state index is 0.736. The van der Waals surface area contributed by atoms with Gasteiger partial charge in [-0.2, -0.15) is 0 Å². The molecule has 15 heavy (non-hydrogen) atoms. The molecule has 0 aromatic heterocycles. The zero-order valence-electron chi connectivity index (χ0n) is 9.20. The van der Waals surface area contributed by atoms with E-state index in [0.29, 0.717) is 0 Å². The molecule has 5 heteroatoms. The Morgan fingerprint density at radius 2 is 0.800 bits per heavy atom. The van der Waals surface area contributed by atoms with E-state index in [1.165, 1.54) is 12.8 Å². The van der Waals surface area contributed by atoms with Gasteiger partial charge in [0.15, 0.2) is 0 Å². The molecule has 2 saturated heterocycles. The van der Waals surface area contributed by atoms with Crippen molar-refractivity contribution in [1.29, 1.82) is 0 Å². The van der Waals surface area contributed by atoms with Crippen LogP contribution < -0.4 is 0 Å². The molecule has 2 rings (SSSR count). The van der Waals surface area contributed by atoms with Gasteiger partial charge in [0.05, 0.1) is 0 Å². The van der Waals surface area contributed by atoms with Crippen molar-refractivity contribution in [3.63, 3.8) is 0 Å². The van der Waals surface area contributed by atoms with E-state index < -0.39 is 14.6 Å². The molecule has 0 aromatic carbocycles. The van der Waals surface area contributed by atoms with Crippen molar-refractivity contribution in [1.82, 2.24) is 0 Å². The van der Waals surface area contributed by atoms with Gasteiger partial charge in [0.2, 0.25) is 0 Å². The second-order valence-electron chi connectivity index (χ2n) is 4.02. The van der Waals surface area contributed by atoms with Crippen LogP contribution in [-0.2, 0) is 15.1 Å². The average Bonchev–Trinajstić information content (AvgIpc) is 2.15. The summed E-state index contributed by atoms with van der Waals surface area (Å²) in [4.78, 5) is 0. The quantitative estimate of drug-likeness (QED) is 0.633. The van der Waals surface area contributed by atoms with Gasteiger partial charge in [-0.1, -0.05) is 0 Å². The molecular formula is C10H20GeO4. The summed E-state index contributed by atoms with van der Waals surface area (Å²) in [6.45, 7) is 2.94. The molecule has 2 fully saturated rings. The molecule has 0 aliphatic carbocycles. The molecule has 0 atom stereocenters. The molecule has 0 saturated carbocycles. The summed E-state index contributed by atoms with van der Waals surface area (Å²) in [5.41, 5.74) is 0. The van der Waals surface area contributed by atoms with E-state index in [1.807, 2.05) is 0 Å². The Hall–Kier alpha value is 0.383. The molecule has 0 radical (unpaired) electrons. The van der Waals surface area contributed by atoms with Gasteiger partial charge in [-0.15, -0.1) is 0 Å². The Kier molecular flexibility index (Phi) is 4.90. The van der Waals surface area contributed by atoms with Crippen molar-refractivity contribution >= 4 is 14.6 Å². The van der Waals surface area contributed by atoms with Crippen LogP contribution in [0.3, 0.4) is 0 Å². The van der Waals surface area contributed by atoms with Crippen LogP contribution in [0.2, 0.25) is 0 Å². The van der Waals surface area contributed by atoms with Crippen LogP contribution >= 0.6 is 0 Å². The van der Waals surface area contributed by atoms with Crippen molar-refractivity contribution in [2.45, 2.75) is 38.5 Å². The Labute approximate surface area is 94.9 Å². The minimum atomic E-state index is -3.27. The summed E-state index contributed by atoms with van der Waals surface area (Å²) < 4.78 is 23.1. The molecule has 4 nitrogen and oxygen atoms in total. The first-order chi connectivity index (χ1) is 7.41. The maximum absolute atomic E-state index is 5.77. The second kappa shape index (κ2) is 6.20. The normalized spacial score (nSPS) is 28.8. The summed E-state index contributed by atoms with van der Waals surface area (Å²) in [5, 5.41) is 0. The zero-order valence-corrected chi connectivity index (χ0v) is 11.3. The first kappa shape index (κ1) is 11.9. The first-order valence-electron chi connectivity index (χ1n) is 5.97. The fourth-order valence-corrected chi connectivity index (χ4v) is 6.16. The molecular weight excluding hydrogens is 257 g/mol. The van der Waals surface area contributed by atoms with E-state index >= 15 is 0 Å². The third kappa shape index (κ3) is 3.71. The van der Waals surface area contributed by atoms with Crippen molar-refractivity contribution in [2.75, 3.05) is 26.4 Å². The summed E-state index contributed by atoms with van der Waals surface area (Å²) in [5.74, 6) is 0. The topological polar surface area (TPSA) is 36.9 Å². The van der Waals surface area contributed by atoms with Gasteiger partial charge in [0, 0.05) is 0 Å². The van der Waals surface area contributed by atoms with Gasteiger partial charge < -0.3 is 0 Å². The predicted molar refractivity (Wildman–Crippen MR) is 57.3 cm³/mol. The fraction of sp³-hybridized carbons (Fsp3) is 1.00. The Morgan fingerprint density at radius 3 is 1.13 bits per heavy atom. The van der Waals surface area contributed by atoms with Crippen molar-refractivity contribution < 1.29 is 15.1 Å². The number of rotatable bonds is 0. The molecule has 0 N–H and O–H groups in total. The predicted octanol–water partition coefficient (Wildman–Crippen LogP) is 1.86. The summed E-state index contributed by atoms with van der Waals surface area (Å²) in [6.07, 6.45) is 6.76. The second-order valence-corrected chi connectivity index (χ2v) is 8.54. The number of hydrogen-bond acceptors (Lipinski definition) is 4. The fourth-order valence-electron chi connectivity index (χ4n) is 1.80. The third-order valence-corrected chi connectivity index (χ3v) is 7.37. The molecule has 2 heterocycles. The summed E-state index contributed by atoms with van der Waals surface area (Å²) in [7, 11) is 0. The average molecular weight is 277 g/mol. The van der Waals surface area contributed by atoms with Gasteiger partial charge in [0.1, 0.15) is 0 Å². The monoisotopic (exact) mass is 278 g/mol. The molecule has 2 aliphatic rings. The third-order valence-electron chi connectivity index (χ3n) is 2.69. The summed E-state index contributed by atoms with van der Waals surface area (Å²) >= 11 is -3.27. The Bertz CT molecular complexity index is 149. The molecule has 2 aliphatic heterocycles. The molecule has 0 unspecified atom stereocenters. The van der Waals surface area contributed by atoms with Crippen LogP contribution in [0, 0.1) is 0 Å². The Balaban J connectivity index is 1.92.